The molecule has 2 aromatic heterocycles. The molecule has 0 radical (unpaired) electrons. The first-order chi connectivity index (χ1) is 15.6. The first-order valence-electron chi connectivity index (χ1n) is 10.0. The van der Waals surface area contributed by atoms with Gasteiger partial charge in [0.1, 0.15) is 5.75 Å². The van der Waals surface area contributed by atoms with Gasteiger partial charge in [-0.3, -0.25) is 4.79 Å². The number of rotatable bonds is 8. The van der Waals surface area contributed by atoms with E-state index in [1.807, 2.05) is 73.8 Å². The zero-order valence-corrected chi connectivity index (χ0v) is 19.7. The van der Waals surface area contributed by atoms with Gasteiger partial charge in [-0.1, -0.05) is 36.0 Å². The topological polar surface area (TPSA) is 73.1 Å². The number of amides is 1. The third-order valence-corrected chi connectivity index (χ3v) is 6.76. The predicted molar refractivity (Wildman–Crippen MR) is 128 cm³/mol. The third-order valence-electron chi connectivity index (χ3n) is 5.00. The molecule has 0 unspecified atom stereocenters. The maximum atomic E-state index is 13.3. The molecule has 9 heteroatoms. The summed E-state index contributed by atoms with van der Waals surface area (Å²) < 4.78 is 6.96. The number of aromatic nitrogens is 4. The Labute approximate surface area is 195 Å². The van der Waals surface area contributed by atoms with Crippen molar-refractivity contribution < 1.29 is 9.53 Å². The molecule has 7 nitrogen and oxygen atoms in total. The second-order valence-electron chi connectivity index (χ2n) is 7.16. The Hall–Kier alpha value is -3.17. The fourth-order valence-corrected chi connectivity index (χ4v) is 4.84. The van der Waals surface area contributed by atoms with E-state index in [4.69, 9.17) is 4.74 Å². The molecule has 164 valence electrons. The van der Waals surface area contributed by atoms with Crippen molar-refractivity contribution in [3.05, 3.63) is 76.0 Å². The minimum atomic E-state index is -0.0235. The van der Waals surface area contributed by atoms with Crippen LogP contribution >= 0.6 is 23.1 Å². The lowest BCUT2D eigenvalue weighted by molar-refractivity contribution is -0.116. The fourth-order valence-electron chi connectivity index (χ4n) is 3.40. The van der Waals surface area contributed by atoms with Gasteiger partial charge in [-0.15, -0.1) is 16.4 Å². The quantitative estimate of drug-likeness (QED) is 0.352. The van der Waals surface area contributed by atoms with Gasteiger partial charge in [-0.2, -0.15) is 4.68 Å². The molecule has 0 N–H and O–H groups in total. The van der Waals surface area contributed by atoms with Crippen molar-refractivity contribution in [2.75, 3.05) is 17.8 Å². The normalized spacial score (nSPS) is 10.8. The highest BCUT2D eigenvalue weighted by Crippen LogP contribution is 2.26. The second-order valence-corrected chi connectivity index (χ2v) is 9.13. The summed E-state index contributed by atoms with van der Waals surface area (Å²) in [5, 5.41) is 14.8. The van der Waals surface area contributed by atoms with Crippen LogP contribution in [-0.2, 0) is 11.3 Å². The highest BCUT2D eigenvalue weighted by Gasteiger charge is 2.20. The third kappa shape index (κ3) is 4.84. The standard InChI is InChI=1S/C23H23N5O2S2/c1-16-6-4-7-17(2)22(16)28-23(24-25-26-28)32-15-21(29)27(14-20-8-5-13-31-20)18-9-11-19(30-3)12-10-18/h4-13H,14-15H2,1-3H3. The number of thioether (sulfide) groups is 1. The van der Waals surface area contributed by atoms with Gasteiger partial charge in [0.2, 0.25) is 11.1 Å². The molecule has 32 heavy (non-hydrogen) atoms. The number of anilines is 1. The van der Waals surface area contributed by atoms with Crippen molar-refractivity contribution in [2.45, 2.75) is 25.5 Å². The van der Waals surface area contributed by atoms with Crippen LogP contribution in [0.4, 0.5) is 5.69 Å². The molecule has 0 saturated carbocycles. The number of carbonyl (C=O) groups excluding carboxylic acids is 1. The van der Waals surface area contributed by atoms with Gasteiger partial charge in [0.05, 0.1) is 25.1 Å². The minimum Gasteiger partial charge on any atom is -0.497 e. The number of benzene rings is 2. The summed E-state index contributed by atoms with van der Waals surface area (Å²) in [6.45, 7) is 4.55. The molecule has 4 aromatic rings. The van der Waals surface area contributed by atoms with Crippen molar-refractivity contribution in [3.8, 4) is 11.4 Å². The summed E-state index contributed by atoms with van der Waals surface area (Å²) in [5.74, 6) is 0.937. The summed E-state index contributed by atoms with van der Waals surface area (Å²) in [5.41, 5.74) is 3.91. The van der Waals surface area contributed by atoms with E-state index in [1.165, 1.54) is 11.8 Å². The number of tetrazole rings is 1. The molecule has 2 aromatic carbocycles. The average molecular weight is 466 g/mol. The number of ether oxygens (including phenoxy) is 1. The van der Waals surface area contributed by atoms with Gasteiger partial charge >= 0.3 is 0 Å². The van der Waals surface area contributed by atoms with E-state index in [9.17, 15) is 4.79 Å². The average Bonchev–Trinajstić information content (AvgIpc) is 3.48. The van der Waals surface area contributed by atoms with Crippen molar-refractivity contribution in [1.29, 1.82) is 0 Å². The fraction of sp³-hybridized carbons (Fsp3) is 0.217. The maximum Gasteiger partial charge on any atom is 0.237 e. The van der Waals surface area contributed by atoms with Crippen LogP contribution in [0.25, 0.3) is 5.69 Å². The number of hydrogen-bond donors (Lipinski definition) is 0. The maximum absolute atomic E-state index is 13.3. The lowest BCUT2D eigenvalue weighted by atomic mass is 10.1. The monoisotopic (exact) mass is 465 g/mol. The van der Waals surface area contributed by atoms with Crippen LogP contribution in [0.15, 0.2) is 65.1 Å². The van der Waals surface area contributed by atoms with Crippen LogP contribution in [0.1, 0.15) is 16.0 Å². The van der Waals surface area contributed by atoms with E-state index < -0.39 is 0 Å². The van der Waals surface area contributed by atoms with Crippen LogP contribution in [-0.4, -0.2) is 39.0 Å². The molecule has 0 spiro atoms. The minimum absolute atomic E-state index is 0.0235. The van der Waals surface area contributed by atoms with Crippen molar-refractivity contribution in [3.63, 3.8) is 0 Å². The summed E-state index contributed by atoms with van der Waals surface area (Å²) in [6.07, 6.45) is 0. The van der Waals surface area contributed by atoms with Gasteiger partial charge in [0.25, 0.3) is 0 Å². The molecule has 0 aliphatic carbocycles. The molecule has 0 saturated heterocycles. The number of methoxy groups -OCH3 is 1. The van der Waals surface area contributed by atoms with E-state index in [0.29, 0.717) is 11.7 Å². The first kappa shape index (κ1) is 22.0. The van der Waals surface area contributed by atoms with Gasteiger partial charge < -0.3 is 9.64 Å². The lowest BCUT2D eigenvalue weighted by Gasteiger charge is -2.22. The Bertz CT molecular complexity index is 1170. The number of carbonyl (C=O) groups is 1. The van der Waals surface area contributed by atoms with E-state index in [1.54, 1.807) is 28.0 Å². The zero-order valence-electron chi connectivity index (χ0n) is 18.1. The number of hydrogen-bond acceptors (Lipinski definition) is 7. The molecular weight excluding hydrogens is 442 g/mol. The molecule has 1 amide bonds. The highest BCUT2D eigenvalue weighted by atomic mass is 32.2. The zero-order chi connectivity index (χ0) is 22.5. The van der Waals surface area contributed by atoms with Crippen LogP contribution in [0, 0.1) is 13.8 Å². The number of aryl methyl sites for hydroxylation is 2. The Balaban J connectivity index is 1.55. The van der Waals surface area contributed by atoms with Crippen LogP contribution in [0.2, 0.25) is 0 Å². The Kier molecular flexibility index (Phi) is 6.87. The van der Waals surface area contributed by atoms with E-state index in [2.05, 4.69) is 15.5 Å². The van der Waals surface area contributed by atoms with Gasteiger partial charge in [0, 0.05) is 10.6 Å². The Morgan fingerprint density at radius 1 is 1.09 bits per heavy atom. The molecule has 2 heterocycles. The van der Waals surface area contributed by atoms with Crippen LogP contribution in [0.5, 0.6) is 5.75 Å². The van der Waals surface area contributed by atoms with Gasteiger partial charge in [-0.05, 0) is 71.1 Å². The number of thiophene rings is 1. The summed E-state index contributed by atoms with van der Waals surface area (Å²) in [4.78, 5) is 16.2. The van der Waals surface area contributed by atoms with Gasteiger partial charge in [0.15, 0.2) is 0 Å². The SMILES string of the molecule is COc1ccc(N(Cc2cccs2)C(=O)CSc2nnnn2-c2c(C)cccc2C)cc1. The number of para-hydroxylation sites is 1. The van der Waals surface area contributed by atoms with Crippen molar-refractivity contribution in [2.24, 2.45) is 0 Å². The molecule has 0 fully saturated rings. The Morgan fingerprint density at radius 2 is 1.84 bits per heavy atom. The van der Waals surface area contributed by atoms with E-state index >= 15 is 0 Å². The van der Waals surface area contributed by atoms with Gasteiger partial charge in [-0.25, -0.2) is 0 Å². The summed E-state index contributed by atoms with van der Waals surface area (Å²) >= 11 is 2.96. The highest BCUT2D eigenvalue weighted by molar-refractivity contribution is 7.99. The van der Waals surface area contributed by atoms with Crippen molar-refractivity contribution >= 4 is 34.7 Å². The van der Waals surface area contributed by atoms with Crippen LogP contribution in [0.3, 0.4) is 0 Å². The molecule has 0 aliphatic rings. The molecule has 4 rings (SSSR count). The molecule has 0 atom stereocenters. The predicted octanol–water partition coefficient (Wildman–Crippen LogP) is 4.67. The van der Waals surface area contributed by atoms with E-state index in [0.717, 1.165) is 33.1 Å². The lowest BCUT2D eigenvalue weighted by Crippen LogP contribution is -2.31. The first-order valence-corrected chi connectivity index (χ1v) is 11.9. The molecule has 0 aliphatic heterocycles. The van der Waals surface area contributed by atoms with E-state index in [-0.39, 0.29) is 11.7 Å². The second kappa shape index (κ2) is 9.97. The molecular formula is C23H23N5O2S2. The smallest absolute Gasteiger partial charge is 0.237 e. The molecule has 0 bridgehead atoms. The number of nitrogens with zero attached hydrogens (tertiary/aromatic N) is 5. The Morgan fingerprint density at radius 3 is 2.50 bits per heavy atom. The summed E-state index contributed by atoms with van der Waals surface area (Å²) in [7, 11) is 1.63. The summed E-state index contributed by atoms with van der Waals surface area (Å²) in [6, 6.07) is 17.6. The van der Waals surface area contributed by atoms with Crippen LogP contribution < -0.4 is 9.64 Å². The largest absolute Gasteiger partial charge is 0.497 e. The van der Waals surface area contributed by atoms with Crippen molar-refractivity contribution in [1.82, 2.24) is 20.2 Å².